The van der Waals surface area contributed by atoms with Crippen LogP contribution in [0.4, 0.5) is 24.7 Å². The van der Waals surface area contributed by atoms with E-state index in [1.54, 1.807) is 0 Å². The molecule has 0 N–H and O–H groups in total. The summed E-state index contributed by atoms with van der Waals surface area (Å²) in [4.78, 5) is 17.7. The van der Waals surface area contributed by atoms with Crippen LogP contribution in [-0.4, -0.2) is 57.5 Å². The number of ether oxygens (including phenoxy) is 1. The first kappa shape index (κ1) is 24.1. The molecule has 192 valence electrons. The average molecular weight is 613 g/mol. The Bertz CT molecular complexity index is 1230. The molecule has 12 heteroatoms. The summed E-state index contributed by atoms with van der Waals surface area (Å²) in [7, 11) is 0. The van der Waals surface area contributed by atoms with E-state index < -0.39 is 11.9 Å². The molecule has 0 radical (unpaired) electrons. The van der Waals surface area contributed by atoms with Crippen LogP contribution in [0.5, 0.6) is 0 Å². The summed E-state index contributed by atoms with van der Waals surface area (Å²) in [5, 5.41) is 4.68. The van der Waals surface area contributed by atoms with E-state index in [2.05, 4.69) is 42.5 Å². The van der Waals surface area contributed by atoms with Crippen molar-refractivity contribution < 1.29 is 17.9 Å². The lowest BCUT2D eigenvalue weighted by Crippen LogP contribution is -2.42. The van der Waals surface area contributed by atoms with E-state index in [1.807, 2.05) is 10.9 Å². The third-order valence-corrected chi connectivity index (χ3v) is 8.49. The molecule has 0 aliphatic carbocycles. The zero-order chi connectivity index (χ0) is 24.9. The Labute approximate surface area is 220 Å². The van der Waals surface area contributed by atoms with Crippen LogP contribution in [-0.2, 0) is 10.9 Å². The molecule has 3 aromatic heterocycles. The van der Waals surface area contributed by atoms with Crippen LogP contribution in [0.3, 0.4) is 0 Å². The minimum absolute atomic E-state index is 0.0944. The van der Waals surface area contributed by atoms with Gasteiger partial charge in [-0.3, -0.25) is 0 Å². The van der Waals surface area contributed by atoms with Gasteiger partial charge in [-0.1, -0.05) is 0 Å². The first-order valence-electron chi connectivity index (χ1n) is 12.4. The molecule has 1 unspecified atom stereocenters. The predicted octanol–water partition coefficient (Wildman–Crippen LogP) is 5.04. The van der Waals surface area contributed by atoms with E-state index in [9.17, 15) is 13.2 Å². The maximum atomic E-state index is 12.9. The van der Waals surface area contributed by atoms with Gasteiger partial charge in [0.05, 0.1) is 18.1 Å². The number of fused-ring (bicyclic) bond motifs is 1. The summed E-state index contributed by atoms with van der Waals surface area (Å²) in [5.74, 6) is 0.854. The van der Waals surface area contributed by atoms with Gasteiger partial charge in [-0.15, -0.1) is 0 Å². The van der Waals surface area contributed by atoms with E-state index in [1.165, 1.54) is 12.3 Å². The van der Waals surface area contributed by atoms with Crippen molar-refractivity contribution in [1.82, 2.24) is 24.7 Å². The van der Waals surface area contributed by atoms with Crippen molar-refractivity contribution in [3.8, 4) is 0 Å². The minimum atomic E-state index is -4.41. The fraction of sp³-hybridized carbons (Fsp3) is 0.583. The molecule has 3 fully saturated rings. The smallest absolute Gasteiger partial charge is 0.370 e. The van der Waals surface area contributed by atoms with E-state index in [4.69, 9.17) is 14.7 Å². The maximum Gasteiger partial charge on any atom is 0.433 e. The minimum Gasteiger partial charge on any atom is -0.370 e. The van der Waals surface area contributed by atoms with Crippen molar-refractivity contribution in [2.24, 2.45) is 5.41 Å². The van der Waals surface area contributed by atoms with Gasteiger partial charge in [-0.25, -0.2) is 19.6 Å². The second kappa shape index (κ2) is 9.26. The number of piperidine rings is 1. The van der Waals surface area contributed by atoms with Gasteiger partial charge in [0.1, 0.15) is 17.0 Å². The third kappa shape index (κ3) is 4.50. The number of hydrogen-bond acceptors (Lipinski definition) is 7. The van der Waals surface area contributed by atoms with Crippen LogP contribution in [0, 0.1) is 9.12 Å². The maximum absolute atomic E-state index is 12.9. The van der Waals surface area contributed by atoms with Crippen molar-refractivity contribution in [2.45, 2.75) is 50.9 Å². The second-order valence-electron chi connectivity index (χ2n) is 10.0. The highest BCUT2D eigenvalue weighted by Gasteiger charge is 2.41. The third-order valence-electron chi connectivity index (χ3n) is 7.77. The highest BCUT2D eigenvalue weighted by molar-refractivity contribution is 14.1. The molecule has 3 aromatic rings. The van der Waals surface area contributed by atoms with Gasteiger partial charge in [0.2, 0.25) is 0 Å². The average Bonchev–Trinajstić information content (AvgIpc) is 3.45. The van der Waals surface area contributed by atoms with Gasteiger partial charge in [0, 0.05) is 32.8 Å². The molecule has 6 heterocycles. The predicted molar refractivity (Wildman–Crippen MR) is 137 cm³/mol. The molecule has 36 heavy (non-hydrogen) atoms. The number of anilines is 2. The van der Waals surface area contributed by atoms with E-state index in [0.717, 1.165) is 104 Å². The number of hydrogen-bond donors (Lipinski definition) is 0. The van der Waals surface area contributed by atoms with Gasteiger partial charge in [-0.2, -0.15) is 18.3 Å². The zero-order valence-electron chi connectivity index (χ0n) is 19.7. The van der Waals surface area contributed by atoms with Crippen LogP contribution < -0.4 is 9.80 Å². The Balaban J connectivity index is 1.14. The SMILES string of the molecule is FC(F)(F)c1ccc(N2CCC3(CCN(c4cnc5c(I)nn(C6CCCCO6)c5n4)CC3)C2)cn1. The first-order valence-corrected chi connectivity index (χ1v) is 13.4. The second-order valence-corrected chi connectivity index (χ2v) is 11.0. The summed E-state index contributed by atoms with van der Waals surface area (Å²) < 4.78 is 47.3. The molecular formula is C24H27F3IN7O. The van der Waals surface area contributed by atoms with Gasteiger partial charge in [-0.05, 0) is 78.7 Å². The summed E-state index contributed by atoms with van der Waals surface area (Å²) in [6.07, 6.45) is 4.82. The lowest BCUT2D eigenvalue weighted by molar-refractivity contribution is -0.141. The molecule has 3 aliphatic rings. The molecule has 6 rings (SSSR count). The lowest BCUT2D eigenvalue weighted by Gasteiger charge is -2.39. The molecule has 1 spiro atoms. The Morgan fingerprint density at radius 1 is 1.00 bits per heavy atom. The molecule has 1 atom stereocenters. The van der Waals surface area contributed by atoms with Crippen LogP contribution in [0.1, 0.15) is 50.4 Å². The lowest BCUT2D eigenvalue weighted by atomic mass is 9.78. The van der Waals surface area contributed by atoms with Gasteiger partial charge in [0.25, 0.3) is 0 Å². The summed E-state index contributed by atoms with van der Waals surface area (Å²) in [6, 6.07) is 2.61. The normalized spacial score (nSPS) is 22.6. The number of pyridine rings is 1. The van der Waals surface area contributed by atoms with Crippen LogP contribution in [0.15, 0.2) is 24.5 Å². The van der Waals surface area contributed by atoms with E-state index in [-0.39, 0.29) is 11.6 Å². The molecule has 8 nitrogen and oxygen atoms in total. The van der Waals surface area contributed by atoms with Gasteiger partial charge in [0.15, 0.2) is 15.6 Å². The summed E-state index contributed by atoms with van der Waals surface area (Å²) >= 11 is 2.21. The quantitative estimate of drug-likeness (QED) is 0.384. The number of alkyl halides is 3. The summed E-state index contributed by atoms with van der Waals surface area (Å²) in [5.41, 5.74) is 1.64. The fourth-order valence-corrected chi connectivity index (χ4v) is 6.26. The van der Waals surface area contributed by atoms with Crippen molar-refractivity contribution in [3.63, 3.8) is 0 Å². The standard InChI is InChI=1S/C24H27F3IN7O/c25-24(26,27)17-5-4-16(13-29-17)34-11-8-23(15-34)6-9-33(10-7-23)18-14-30-20-21(28)32-35(22(20)31-18)19-3-1-2-12-36-19/h4-5,13-14,19H,1-3,6-12,15H2. The van der Waals surface area contributed by atoms with Gasteiger partial charge < -0.3 is 14.5 Å². The molecule has 0 aromatic carbocycles. The topological polar surface area (TPSA) is 72.2 Å². The Morgan fingerprint density at radius 3 is 2.44 bits per heavy atom. The van der Waals surface area contributed by atoms with E-state index >= 15 is 0 Å². The summed E-state index contributed by atoms with van der Waals surface area (Å²) in [6.45, 7) is 4.14. The number of nitrogens with zero attached hydrogens (tertiary/aromatic N) is 7. The Kier molecular flexibility index (Phi) is 6.21. The van der Waals surface area contributed by atoms with Crippen molar-refractivity contribution in [1.29, 1.82) is 0 Å². The Morgan fingerprint density at radius 2 is 1.78 bits per heavy atom. The molecular weight excluding hydrogens is 586 g/mol. The monoisotopic (exact) mass is 613 g/mol. The first-order chi connectivity index (χ1) is 17.3. The Hall–Kier alpha value is -2.22. The molecule has 3 saturated heterocycles. The van der Waals surface area contributed by atoms with Crippen molar-refractivity contribution >= 4 is 45.3 Å². The van der Waals surface area contributed by atoms with Crippen molar-refractivity contribution in [3.05, 3.63) is 33.9 Å². The largest absolute Gasteiger partial charge is 0.433 e. The van der Waals surface area contributed by atoms with Crippen LogP contribution in [0.25, 0.3) is 11.2 Å². The molecule has 0 saturated carbocycles. The van der Waals surface area contributed by atoms with Crippen LogP contribution in [0.2, 0.25) is 0 Å². The highest BCUT2D eigenvalue weighted by atomic mass is 127. The number of halogens is 4. The molecule has 0 bridgehead atoms. The van der Waals surface area contributed by atoms with E-state index in [0.29, 0.717) is 0 Å². The molecule has 0 amide bonds. The highest BCUT2D eigenvalue weighted by Crippen LogP contribution is 2.43. The molecule has 3 aliphatic heterocycles. The van der Waals surface area contributed by atoms with Crippen LogP contribution >= 0.6 is 22.6 Å². The number of aromatic nitrogens is 5. The van der Waals surface area contributed by atoms with Crippen molar-refractivity contribution in [2.75, 3.05) is 42.6 Å². The number of rotatable bonds is 3. The zero-order valence-corrected chi connectivity index (χ0v) is 21.9. The van der Waals surface area contributed by atoms with Gasteiger partial charge >= 0.3 is 6.18 Å². The fourth-order valence-electron chi connectivity index (χ4n) is 5.65.